The monoisotopic (exact) mass is 397 g/mol. The van der Waals surface area contributed by atoms with Gasteiger partial charge in [-0.1, -0.05) is 6.07 Å². The third-order valence-corrected chi connectivity index (χ3v) is 6.17. The van der Waals surface area contributed by atoms with Gasteiger partial charge in [-0.3, -0.25) is 4.79 Å². The van der Waals surface area contributed by atoms with E-state index in [1.165, 1.54) is 12.1 Å². The Labute approximate surface area is 166 Å². The fourth-order valence-electron chi connectivity index (χ4n) is 3.59. The first-order valence-corrected chi connectivity index (χ1v) is 9.70. The molecule has 5 nitrogen and oxygen atoms in total. The quantitative estimate of drug-likeness (QED) is 0.645. The number of aliphatic imine (C=N–C) groups is 1. The largest absolute Gasteiger partial charge is 0.480 e. The van der Waals surface area contributed by atoms with Crippen LogP contribution in [-0.4, -0.2) is 32.8 Å². The minimum absolute atomic E-state index is 0.148. The van der Waals surface area contributed by atoms with Crippen LogP contribution in [0.4, 0.5) is 10.1 Å². The van der Waals surface area contributed by atoms with Crippen LogP contribution in [0.25, 0.3) is 10.9 Å². The minimum Gasteiger partial charge on any atom is -0.480 e. The second kappa shape index (κ2) is 6.98. The molecule has 0 aliphatic carbocycles. The number of halogens is 1. The Kier molecular flexibility index (Phi) is 4.63. The van der Waals surface area contributed by atoms with Gasteiger partial charge >= 0.3 is 5.97 Å². The van der Waals surface area contributed by atoms with E-state index >= 15 is 0 Å². The number of fused-ring (bicyclic) bond motifs is 2. The van der Waals surface area contributed by atoms with Crippen LogP contribution in [0, 0.1) is 12.7 Å². The lowest BCUT2D eigenvalue weighted by Crippen LogP contribution is -2.18. The maximum atomic E-state index is 13.9. The smallest absolute Gasteiger partial charge is 0.323 e. The van der Waals surface area contributed by atoms with Gasteiger partial charge < -0.3 is 14.0 Å². The molecule has 4 rings (SSSR count). The lowest BCUT2D eigenvalue weighted by molar-refractivity contribution is -0.137. The number of nitrogens with zero attached hydrogens (tertiary/aromatic N) is 3. The van der Waals surface area contributed by atoms with Gasteiger partial charge in [0.05, 0.1) is 10.6 Å². The highest BCUT2D eigenvalue weighted by atomic mass is 32.2. The molecular formula is C21H20FN3O2S. The molecule has 2 heterocycles. The maximum Gasteiger partial charge on any atom is 0.323 e. The van der Waals surface area contributed by atoms with Crippen molar-refractivity contribution >= 4 is 40.3 Å². The van der Waals surface area contributed by atoms with Gasteiger partial charge in [-0.2, -0.15) is 0 Å². The number of rotatable bonds is 4. The molecule has 0 saturated heterocycles. The Bertz CT molecular complexity index is 1140. The van der Waals surface area contributed by atoms with Crippen molar-refractivity contribution in [1.29, 1.82) is 0 Å². The highest BCUT2D eigenvalue weighted by Crippen LogP contribution is 2.37. The van der Waals surface area contributed by atoms with Crippen molar-refractivity contribution in [3.63, 3.8) is 0 Å². The summed E-state index contributed by atoms with van der Waals surface area (Å²) in [7, 11) is 1.98. The molecule has 144 valence electrons. The number of benzene rings is 2. The van der Waals surface area contributed by atoms with Crippen molar-refractivity contribution in [1.82, 2.24) is 8.87 Å². The zero-order chi connectivity index (χ0) is 20.0. The van der Waals surface area contributed by atoms with Crippen LogP contribution in [0.1, 0.15) is 23.7 Å². The van der Waals surface area contributed by atoms with Gasteiger partial charge in [0.1, 0.15) is 18.2 Å². The predicted molar refractivity (Wildman–Crippen MR) is 110 cm³/mol. The molecule has 0 bridgehead atoms. The zero-order valence-corrected chi connectivity index (χ0v) is 16.7. The second-order valence-electron chi connectivity index (χ2n) is 6.93. The van der Waals surface area contributed by atoms with E-state index in [2.05, 4.69) is 17.1 Å². The summed E-state index contributed by atoms with van der Waals surface area (Å²) in [4.78, 5) is 17.0. The van der Waals surface area contributed by atoms with Crippen molar-refractivity contribution in [2.24, 2.45) is 4.99 Å². The second-order valence-corrected chi connectivity index (χ2v) is 8.10. The third kappa shape index (κ3) is 3.26. The molecular weight excluding hydrogens is 377 g/mol. The lowest BCUT2D eigenvalue weighted by atomic mass is 10.0. The standard InChI is InChI=1S/C21H20FN3O2S/c1-12-16(17-10-15(22)5-6-19(17)25(12)11-21(26)27)8-14-4-7-20-18(9-14)23-13(2)24(3)28-20/h4-7,9-10H,8,11H2,1-3H3,(H,26,27). The highest BCUT2D eigenvalue weighted by molar-refractivity contribution is 7.97. The number of carboxylic acids is 1. The Morgan fingerprint density at radius 3 is 2.75 bits per heavy atom. The van der Waals surface area contributed by atoms with Crippen molar-refractivity contribution < 1.29 is 14.3 Å². The summed E-state index contributed by atoms with van der Waals surface area (Å²) in [6.07, 6.45) is 0.584. The molecule has 3 aromatic rings. The average Bonchev–Trinajstić information content (AvgIpc) is 2.87. The van der Waals surface area contributed by atoms with Crippen LogP contribution in [-0.2, 0) is 17.8 Å². The molecule has 0 amide bonds. The average molecular weight is 397 g/mol. The number of hydrogen-bond donors (Lipinski definition) is 1. The van der Waals surface area contributed by atoms with E-state index in [1.807, 2.05) is 31.3 Å². The summed E-state index contributed by atoms with van der Waals surface area (Å²) in [6.45, 7) is 3.71. The first-order chi connectivity index (χ1) is 13.3. The van der Waals surface area contributed by atoms with Gasteiger partial charge in [-0.25, -0.2) is 9.38 Å². The molecule has 0 radical (unpaired) electrons. The molecule has 2 aromatic carbocycles. The molecule has 28 heavy (non-hydrogen) atoms. The van der Waals surface area contributed by atoms with Crippen molar-refractivity contribution in [2.45, 2.75) is 31.7 Å². The van der Waals surface area contributed by atoms with Gasteiger partial charge in [0.15, 0.2) is 0 Å². The third-order valence-electron chi connectivity index (χ3n) is 5.09. The summed E-state index contributed by atoms with van der Waals surface area (Å²) >= 11 is 1.64. The van der Waals surface area contributed by atoms with Crippen LogP contribution >= 0.6 is 11.9 Å². The van der Waals surface area contributed by atoms with Gasteiger partial charge in [0.2, 0.25) is 0 Å². The summed E-state index contributed by atoms with van der Waals surface area (Å²) in [6, 6.07) is 10.7. The van der Waals surface area contributed by atoms with E-state index in [-0.39, 0.29) is 12.4 Å². The first-order valence-electron chi connectivity index (χ1n) is 8.92. The summed E-state index contributed by atoms with van der Waals surface area (Å²) in [5, 5.41) is 10.0. The fraction of sp³-hybridized carbons (Fsp3) is 0.238. The Hall–Kier alpha value is -2.80. The first kappa shape index (κ1) is 18.6. The zero-order valence-electron chi connectivity index (χ0n) is 15.9. The topological polar surface area (TPSA) is 57.8 Å². The minimum atomic E-state index is -0.921. The van der Waals surface area contributed by atoms with E-state index in [0.717, 1.165) is 44.1 Å². The van der Waals surface area contributed by atoms with Gasteiger partial charge in [0, 0.05) is 23.6 Å². The summed E-state index contributed by atoms with van der Waals surface area (Å²) < 4.78 is 17.7. The van der Waals surface area contributed by atoms with Crippen molar-refractivity contribution in [3.8, 4) is 0 Å². The molecule has 0 unspecified atom stereocenters. The predicted octanol–water partition coefficient (Wildman–Crippen LogP) is 4.77. The Morgan fingerprint density at radius 2 is 2.00 bits per heavy atom. The summed E-state index contributed by atoms with van der Waals surface area (Å²) in [5.74, 6) is -0.312. The normalized spacial score (nSPS) is 13.6. The number of aliphatic carboxylic acids is 1. The number of amidine groups is 1. The number of hydrogen-bond acceptors (Lipinski definition) is 4. The summed E-state index contributed by atoms with van der Waals surface area (Å²) in [5.41, 5.74) is 4.50. The maximum absolute atomic E-state index is 13.9. The van der Waals surface area contributed by atoms with Crippen LogP contribution in [0.2, 0.25) is 0 Å². The molecule has 1 aromatic heterocycles. The van der Waals surface area contributed by atoms with E-state index in [9.17, 15) is 14.3 Å². The molecule has 7 heteroatoms. The van der Waals surface area contributed by atoms with Crippen LogP contribution < -0.4 is 0 Å². The van der Waals surface area contributed by atoms with Gasteiger partial charge in [0.25, 0.3) is 0 Å². The molecule has 1 N–H and O–H groups in total. The number of carbonyl (C=O) groups is 1. The van der Waals surface area contributed by atoms with E-state index in [1.54, 1.807) is 22.6 Å². The molecule has 1 aliphatic rings. The SMILES string of the molecule is CC1=Nc2cc(Cc3c(C)n(CC(=O)O)c4ccc(F)cc34)ccc2SN1C. The van der Waals surface area contributed by atoms with E-state index in [4.69, 9.17) is 0 Å². The molecule has 0 atom stereocenters. The molecule has 0 saturated carbocycles. The fourth-order valence-corrected chi connectivity index (χ4v) is 4.38. The lowest BCUT2D eigenvalue weighted by Gasteiger charge is -2.23. The Balaban J connectivity index is 1.79. The van der Waals surface area contributed by atoms with E-state index in [0.29, 0.717) is 6.42 Å². The molecule has 1 aliphatic heterocycles. The van der Waals surface area contributed by atoms with Crippen LogP contribution in [0.5, 0.6) is 0 Å². The number of aromatic nitrogens is 1. The van der Waals surface area contributed by atoms with Gasteiger partial charge in [-0.05, 0) is 73.7 Å². The number of carboxylic acid groups (broad SMARTS) is 1. The van der Waals surface area contributed by atoms with Crippen LogP contribution in [0.15, 0.2) is 46.3 Å². The van der Waals surface area contributed by atoms with E-state index < -0.39 is 5.97 Å². The highest BCUT2D eigenvalue weighted by Gasteiger charge is 2.19. The van der Waals surface area contributed by atoms with Crippen molar-refractivity contribution in [3.05, 3.63) is 59.0 Å². The molecule has 0 fully saturated rings. The van der Waals surface area contributed by atoms with Gasteiger partial charge in [-0.15, -0.1) is 0 Å². The molecule has 0 spiro atoms. The van der Waals surface area contributed by atoms with Crippen molar-refractivity contribution in [2.75, 3.05) is 7.05 Å². The Morgan fingerprint density at radius 1 is 1.21 bits per heavy atom. The van der Waals surface area contributed by atoms with Crippen LogP contribution in [0.3, 0.4) is 0 Å².